The molecule has 0 unspecified atom stereocenters. The number of rotatable bonds is 4. The number of halogens is 2. The molecule has 4 nitrogen and oxygen atoms in total. The van der Waals surface area contributed by atoms with Crippen LogP contribution in [0.4, 0.5) is 0 Å². The average Bonchev–Trinajstić information content (AvgIpc) is 2.94. The average molecular weight is 343 g/mol. The van der Waals surface area contributed by atoms with Gasteiger partial charge in [0, 0.05) is 22.5 Å². The Labute approximate surface area is 135 Å². The van der Waals surface area contributed by atoms with Crippen LogP contribution in [0.15, 0.2) is 39.5 Å². The van der Waals surface area contributed by atoms with E-state index >= 15 is 0 Å². The molecular formula is C14H12Cl2N2O2S. The molecule has 0 bridgehead atoms. The number of hydrogen-bond donors (Lipinski definition) is 0. The minimum absolute atomic E-state index is 0.386. The molecule has 1 aromatic carbocycles. The second-order valence-corrected chi connectivity index (χ2v) is 7.01. The molecule has 21 heavy (non-hydrogen) atoms. The van der Waals surface area contributed by atoms with E-state index in [0.29, 0.717) is 23.8 Å². The molecule has 0 saturated heterocycles. The van der Waals surface area contributed by atoms with Crippen molar-refractivity contribution in [1.29, 1.82) is 0 Å². The van der Waals surface area contributed by atoms with Crippen molar-refractivity contribution in [2.75, 3.05) is 7.05 Å². The zero-order valence-electron chi connectivity index (χ0n) is 11.2. The van der Waals surface area contributed by atoms with Crippen molar-refractivity contribution < 1.29 is 4.42 Å². The van der Waals surface area contributed by atoms with Crippen LogP contribution in [0.2, 0.25) is 9.36 Å². The van der Waals surface area contributed by atoms with Gasteiger partial charge in [-0.15, -0.1) is 11.3 Å². The van der Waals surface area contributed by atoms with E-state index < -0.39 is 0 Å². The Morgan fingerprint density at radius 3 is 2.81 bits per heavy atom. The van der Waals surface area contributed by atoms with Crippen LogP contribution in [0.1, 0.15) is 4.88 Å². The van der Waals surface area contributed by atoms with Gasteiger partial charge >= 0.3 is 5.76 Å². The van der Waals surface area contributed by atoms with Crippen molar-refractivity contribution in [3.8, 4) is 0 Å². The molecule has 0 fully saturated rings. The minimum Gasteiger partial charge on any atom is -0.408 e. The first kappa shape index (κ1) is 14.7. The molecule has 7 heteroatoms. The molecule has 0 aliphatic rings. The van der Waals surface area contributed by atoms with Gasteiger partial charge in [-0.3, -0.25) is 9.47 Å². The summed E-state index contributed by atoms with van der Waals surface area (Å²) in [5.41, 5.74) is 1.24. The van der Waals surface area contributed by atoms with Crippen LogP contribution in [-0.2, 0) is 13.2 Å². The van der Waals surface area contributed by atoms with Gasteiger partial charge in [0.1, 0.15) is 0 Å². The van der Waals surface area contributed by atoms with Gasteiger partial charge in [-0.25, -0.2) is 4.79 Å². The number of benzene rings is 1. The quantitative estimate of drug-likeness (QED) is 0.717. The second-order valence-electron chi connectivity index (χ2n) is 4.77. The molecule has 0 saturated carbocycles. The molecule has 3 rings (SSSR count). The Hall–Kier alpha value is -1.27. The Morgan fingerprint density at radius 1 is 1.29 bits per heavy atom. The summed E-state index contributed by atoms with van der Waals surface area (Å²) in [5, 5.41) is 0.546. The lowest BCUT2D eigenvalue weighted by atomic mass is 10.3. The van der Waals surface area contributed by atoms with Crippen molar-refractivity contribution in [3.63, 3.8) is 0 Å². The largest absolute Gasteiger partial charge is 0.421 e. The molecule has 2 heterocycles. The van der Waals surface area contributed by atoms with Crippen LogP contribution in [0.3, 0.4) is 0 Å². The lowest BCUT2D eigenvalue weighted by molar-refractivity contribution is 0.255. The van der Waals surface area contributed by atoms with Crippen LogP contribution in [-0.4, -0.2) is 16.5 Å². The van der Waals surface area contributed by atoms with Gasteiger partial charge in [0.15, 0.2) is 5.58 Å². The SMILES string of the molecule is CN(Cc1ccc(Cl)s1)Cn1c(=O)oc2cc(Cl)ccc21. The second kappa shape index (κ2) is 5.85. The first-order chi connectivity index (χ1) is 10.0. The van der Waals surface area contributed by atoms with Crippen LogP contribution < -0.4 is 5.76 Å². The summed E-state index contributed by atoms with van der Waals surface area (Å²) >= 11 is 13.4. The number of nitrogens with zero attached hydrogens (tertiary/aromatic N) is 2. The van der Waals surface area contributed by atoms with Gasteiger partial charge in [-0.2, -0.15) is 0 Å². The molecule has 0 radical (unpaired) electrons. The Morgan fingerprint density at radius 2 is 2.10 bits per heavy atom. The summed E-state index contributed by atoms with van der Waals surface area (Å²) in [6, 6.07) is 9.04. The van der Waals surface area contributed by atoms with Gasteiger partial charge in [0.2, 0.25) is 0 Å². The molecule has 0 N–H and O–H groups in total. The number of aromatic nitrogens is 1. The van der Waals surface area contributed by atoms with E-state index in [4.69, 9.17) is 27.6 Å². The molecule has 2 aromatic heterocycles. The first-order valence-electron chi connectivity index (χ1n) is 6.24. The summed E-state index contributed by atoms with van der Waals surface area (Å²) in [6.45, 7) is 1.15. The first-order valence-corrected chi connectivity index (χ1v) is 7.82. The normalized spacial score (nSPS) is 11.6. The maximum atomic E-state index is 12.0. The van der Waals surface area contributed by atoms with Gasteiger partial charge in [-0.05, 0) is 31.3 Å². The molecule has 0 aliphatic carbocycles. The smallest absolute Gasteiger partial charge is 0.408 e. The number of oxazole rings is 1. The van der Waals surface area contributed by atoms with Gasteiger partial charge in [0.05, 0.1) is 16.5 Å². The highest BCUT2D eigenvalue weighted by atomic mass is 35.5. The van der Waals surface area contributed by atoms with Crippen LogP contribution in [0.25, 0.3) is 11.1 Å². The van der Waals surface area contributed by atoms with Crippen LogP contribution in [0.5, 0.6) is 0 Å². The van der Waals surface area contributed by atoms with E-state index in [2.05, 4.69) is 0 Å². The molecule has 0 amide bonds. The molecule has 0 aliphatic heterocycles. The fourth-order valence-electron chi connectivity index (χ4n) is 2.17. The summed E-state index contributed by atoms with van der Waals surface area (Å²) < 4.78 is 7.56. The van der Waals surface area contributed by atoms with Crippen molar-refractivity contribution in [1.82, 2.24) is 9.47 Å². The molecule has 0 spiro atoms. The predicted octanol–water partition coefficient (Wildman–Crippen LogP) is 4.05. The third-order valence-electron chi connectivity index (χ3n) is 3.07. The zero-order valence-corrected chi connectivity index (χ0v) is 13.5. The number of fused-ring (bicyclic) bond motifs is 1. The van der Waals surface area contributed by atoms with Crippen molar-refractivity contribution in [3.05, 3.63) is 55.1 Å². The third-order valence-corrected chi connectivity index (χ3v) is 4.52. The summed E-state index contributed by atoms with van der Waals surface area (Å²) in [6.07, 6.45) is 0. The van der Waals surface area contributed by atoms with E-state index in [9.17, 15) is 4.79 Å². The van der Waals surface area contributed by atoms with Crippen molar-refractivity contribution in [2.45, 2.75) is 13.2 Å². The molecular weight excluding hydrogens is 331 g/mol. The number of thiophene rings is 1. The summed E-state index contributed by atoms with van der Waals surface area (Å²) in [5.74, 6) is -0.386. The van der Waals surface area contributed by atoms with E-state index in [1.54, 1.807) is 22.8 Å². The third kappa shape index (κ3) is 3.16. The maximum absolute atomic E-state index is 12.0. The number of hydrogen-bond acceptors (Lipinski definition) is 4. The zero-order chi connectivity index (χ0) is 15.0. The van der Waals surface area contributed by atoms with E-state index in [1.165, 1.54) is 11.3 Å². The van der Waals surface area contributed by atoms with E-state index in [0.717, 1.165) is 14.7 Å². The molecule has 3 aromatic rings. The predicted molar refractivity (Wildman–Crippen MR) is 86.3 cm³/mol. The highest BCUT2D eigenvalue weighted by molar-refractivity contribution is 7.16. The fourth-order valence-corrected chi connectivity index (χ4v) is 3.50. The summed E-state index contributed by atoms with van der Waals surface area (Å²) in [4.78, 5) is 15.1. The van der Waals surface area contributed by atoms with Gasteiger partial charge in [-0.1, -0.05) is 23.2 Å². The Kier molecular flexibility index (Phi) is 4.08. The Balaban J connectivity index is 1.84. The topological polar surface area (TPSA) is 38.4 Å². The molecule has 0 atom stereocenters. The van der Waals surface area contributed by atoms with Crippen molar-refractivity contribution in [2.24, 2.45) is 0 Å². The standard InChI is InChI=1S/C14H12Cl2N2O2S/c1-17(7-10-3-5-13(16)21-10)8-18-11-4-2-9(15)6-12(11)20-14(18)19/h2-6H,7-8H2,1H3. The Bertz CT molecular complexity index is 837. The van der Waals surface area contributed by atoms with Gasteiger partial charge < -0.3 is 4.42 Å². The van der Waals surface area contributed by atoms with Crippen LogP contribution in [0, 0.1) is 0 Å². The summed E-state index contributed by atoms with van der Waals surface area (Å²) in [7, 11) is 1.94. The van der Waals surface area contributed by atoms with E-state index in [-0.39, 0.29) is 5.76 Å². The maximum Gasteiger partial charge on any atom is 0.421 e. The van der Waals surface area contributed by atoms with E-state index in [1.807, 2.05) is 24.1 Å². The highest BCUT2D eigenvalue weighted by Crippen LogP contribution is 2.23. The lowest BCUT2D eigenvalue weighted by Crippen LogP contribution is -2.26. The fraction of sp³-hybridized carbons (Fsp3) is 0.214. The monoisotopic (exact) mass is 342 g/mol. The molecule has 110 valence electrons. The van der Waals surface area contributed by atoms with Gasteiger partial charge in [0.25, 0.3) is 0 Å². The van der Waals surface area contributed by atoms with Crippen molar-refractivity contribution >= 4 is 45.6 Å². The minimum atomic E-state index is -0.386. The lowest BCUT2D eigenvalue weighted by Gasteiger charge is -2.15. The highest BCUT2D eigenvalue weighted by Gasteiger charge is 2.12. The van der Waals surface area contributed by atoms with Crippen LogP contribution >= 0.6 is 34.5 Å².